The van der Waals surface area contributed by atoms with Crippen LogP contribution < -0.4 is 19.5 Å². The van der Waals surface area contributed by atoms with Gasteiger partial charge in [-0.2, -0.15) is 0 Å². The smallest absolute Gasteiger partial charge is 0.337 e. The van der Waals surface area contributed by atoms with Gasteiger partial charge in [-0.3, -0.25) is 4.79 Å². The maximum absolute atomic E-state index is 12.2. The van der Waals surface area contributed by atoms with Crippen LogP contribution >= 0.6 is 0 Å². The number of amides is 1. The number of anilines is 1. The molecule has 2 aromatic carbocycles. The minimum Gasteiger partial charge on any atom is -0.493 e. The molecule has 0 aromatic heterocycles. The molecule has 0 saturated heterocycles. The molecule has 0 aliphatic carbocycles. The van der Waals surface area contributed by atoms with Crippen LogP contribution in [-0.4, -0.2) is 45.1 Å². The van der Waals surface area contributed by atoms with Crippen molar-refractivity contribution in [2.75, 3.05) is 33.4 Å². The number of rotatable bonds is 9. The second kappa shape index (κ2) is 9.98. The molecule has 2 rings (SSSR count). The van der Waals surface area contributed by atoms with Crippen LogP contribution in [0.15, 0.2) is 42.5 Å². The first-order valence-electron chi connectivity index (χ1n) is 8.18. The number of aromatic carboxylic acids is 1. The number of carbonyl (C=O) groups is 2. The summed E-state index contributed by atoms with van der Waals surface area (Å²) in [5.41, 5.74) is 0.757. The van der Waals surface area contributed by atoms with Gasteiger partial charge in [-0.25, -0.2) is 4.79 Å². The maximum atomic E-state index is 12.2. The van der Waals surface area contributed by atoms with Crippen molar-refractivity contribution in [1.82, 2.24) is 0 Å². The minimum absolute atomic E-state index is 0.100. The van der Waals surface area contributed by atoms with E-state index in [9.17, 15) is 14.7 Å². The highest BCUT2D eigenvalue weighted by molar-refractivity contribution is 6.06. The zero-order valence-corrected chi connectivity index (χ0v) is 15.7. The molecule has 0 bridgehead atoms. The summed E-state index contributed by atoms with van der Waals surface area (Å²) in [6.07, 6.45) is 2.89. The first-order valence-corrected chi connectivity index (χ1v) is 8.18. The Hall–Kier alpha value is -3.52. The lowest BCUT2D eigenvalue weighted by Crippen LogP contribution is -2.12. The minimum atomic E-state index is -1.20. The highest BCUT2D eigenvalue weighted by atomic mass is 16.7. The van der Waals surface area contributed by atoms with Gasteiger partial charge in [0.15, 0.2) is 18.3 Å². The molecule has 0 aliphatic rings. The van der Waals surface area contributed by atoms with Gasteiger partial charge < -0.3 is 29.4 Å². The lowest BCUT2D eigenvalue weighted by Gasteiger charge is -2.13. The fourth-order valence-corrected chi connectivity index (χ4v) is 2.31. The summed E-state index contributed by atoms with van der Waals surface area (Å²) >= 11 is 0. The van der Waals surface area contributed by atoms with E-state index in [4.69, 9.17) is 18.9 Å². The monoisotopic (exact) mass is 387 g/mol. The van der Waals surface area contributed by atoms with Crippen LogP contribution in [0.3, 0.4) is 0 Å². The highest BCUT2D eigenvalue weighted by Crippen LogP contribution is 2.33. The second-order valence-corrected chi connectivity index (χ2v) is 5.50. The average Bonchev–Trinajstić information content (AvgIpc) is 2.70. The van der Waals surface area contributed by atoms with E-state index in [1.807, 2.05) is 0 Å². The molecule has 2 aromatic rings. The second-order valence-electron chi connectivity index (χ2n) is 5.50. The molecule has 2 N–H and O–H groups in total. The van der Waals surface area contributed by atoms with Crippen LogP contribution in [0.5, 0.6) is 17.2 Å². The van der Waals surface area contributed by atoms with Gasteiger partial charge in [-0.15, -0.1) is 0 Å². The number of hydrogen-bond acceptors (Lipinski definition) is 6. The number of methoxy groups -OCH3 is 3. The molecule has 0 aliphatic heterocycles. The zero-order chi connectivity index (χ0) is 20.5. The van der Waals surface area contributed by atoms with Gasteiger partial charge in [0, 0.05) is 25.3 Å². The van der Waals surface area contributed by atoms with Crippen LogP contribution in [0.4, 0.5) is 5.69 Å². The van der Waals surface area contributed by atoms with Gasteiger partial charge in [-0.05, 0) is 23.8 Å². The Bertz CT molecular complexity index is 860. The van der Waals surface area contributed by atoms with Crippen molar-refractivity contribution in [3.63, 3.8) is 0 Å². The number of ether oxygens (including phenoxy) is 4. The van der Waals surface area contributed by atoms with Crippen molar-refractivity contribution < 1.29 is 33.6 Å². The van der Waals surface area contributed by atoms with E-state index in [0.29, 0.717) is 11.5 Å². The Kier molecular flexibility index (Phi) is 7.41. The van der Waals surface area contributed by atoms with Gasteiger partial charge in [0.25, 0.3) is 0 Å². The molecule has 148 valence electrons. The molecule has 0 atom stereocenters. The van der Waals surface area contributed by atoms with Gasteiger partial charge >= 0.3 is 5.97 Å². The summed E-state index contributed by atoms with van der Waals surface area (Å²) in [7, 11) is 4.35. The number of carboxylic acids is 1. The quantitative estimate of drug-likeness (QED) is 0.503. The number of nitrogens with one attached hydrogen (secondary N) is 1. The van der Waals surface area contributed by atoms with Gasteiger partial charge in [0.2, 0.25) is 5.91 Å². The fourth-order valence-electron chi connectivity index (χ4n) is 2.31. The summed E-state index contributed by atoms with van der Waals surface area (Å²) < 4.78 is 20.4. The van der Waals surface area contributed by atoms with E-state index >= 15 is 0 Å². The van der Waals surface area contributed by atoms with Crippen molar-refractivity contribution >= 4 is 23.6 Å². The molecule has 0 spiro atoms. The molecule has 28 heavy (non-hydrogen) atoms. The summed E-state index contributed by atoms with van der Waals surface area (Å²) in [5.74, 6) is -0.496. The third-order valence-corrected chi connectivity index (χ3v) is 3.66. The molecular formula is C20H21NO7. The number of carboxylic acid groups (broad SMARTS) is 1. The standard InChI is InChI=1S/C20H21NO7/c1-25-12-28-14-7-4-13(5-8-14)6-9-19(22)21-16-11-18(27-3)17(26-2)10-15(16)20(23)24/h4-11H,12H2,1-3H3,(H,21,22)(H,23,24)/b9-6+. The largest absolute Gasteiger partial charge is 0.493 e. The molecular weight excluding hydrogens is 366 g/mol. The van der Waals surface area contributed by atoms with E-state index in [-0.39, 0.29) is 23.8 Å². The Morgan fingerprint density at radius 3 is 2.25 bits per heavy atom. The van der Waals surface area contributed by atoms with Crippen LogP contribution in [-0.2, 0) is 9.53 Å². The maximum Gasteiger partial charge on any atom is 0.337 e. The predicted molar refractivity (Wildman–Crippen MR) is 103 cm³/mol. The van der Waals surface area contributed by atoms with Crippen molar-refractivity contribution in [2.45, 2.75) is 0 Å². The third kappa shape index (κ3) is 5.49. The van der Waals surface area contributed by atoms with Crippen LogP contribution in [0.25, 0.3) is 6.08 Å². The zero-order valence-electron chi connectivity index (χ0n) is 15.7. The fraction of sp³-hybridized carbons (Fsp3) is 0.200. The molecule has 0 heterocycles. The summed E-state index contributed by atoms with van der Waals surface area (Å²) in [6.45, 7) is 0.148. The van der Waals surface area contributed by atoms with E-state index < -0.39 is 11.9 Å². The number of carbonyl (C=O) groups excluding carboxylic acids is 1. The summed E-state index contributed by atoms with van der Waals surface area (Å²) in [4.78, 5) is 23.7. The predicted octanol–water partition coefficient (Wildman–Crippen LogP) is 3.04. The van der Waals surface area contributed by atoms with Gasteiger partial charge in [0.05, 0.1) is 25.5 Å². The van der Waals surface area contributed by atoms with Crippen molar-refractivity contribution in [3.05, 3.63) is 53.6 Å². The van der Waals surface area contributed by atoms with Crippen LogP contribution in [0, 0.1) is 0 Å². The third-order valence-electron chi connectivity index (χ3n) is 3.66. The molecule has 0 unspecified atom stereocenters. The van der Waals surface area contributed by atoms with E-state index in [1.165, 1.54) is 39.5 Å². The lowest BCUT2D eigenvalue weighted by molar-refractivity contribution is -0.111. The van der Waals surface area contributed by atoms with E-state index in [0.717, 1.165) is 5.56 Å². The topological polar surface area (TPSA) is 103 Å². The van der Waals surface area contributed by atoms with Gasteiger partial charge in [0.1, 0.15) is 5.75 Å². The summed E-state index contributed by atoms with van der Waals surface area (Å²) in [6, 6.07) is 9.72. The van der Waals surface area contributed by atoms with Crippen LogP contribution in [0.2, 0.25) is 0 Å². The van der Waals surface area contributed by atoms with E-state index in [2.05, 4.69) is 5.32 Å². The first-order chi connectivity index (χ1) is 13.5. The Morgan fingerprint density at radius 1 is 1.04 bits per heavy atom. The van der Waals surface area contributed by atoms with Crippen LogP contribution in [0.1, 0.15) is 15.9 Å². The molecule has 1 amide bonds. The SMILES string of the molecule is COCOc1ccc(/C=C/C(=O)Nc2cc(OC)c(OC)cc2C(=O)O)cc1. The normalized spacial score (nSPS) is 10.5. The molecule has 8 heteroatoms. The Labute approximate surface area is 162 Å². The average molecular weight is 387 g/mol. The molecule has 8 nitrogen and oxygen atoms in total. The van der Waals surface area contributed by atoms with Crippen molar-refractivity contribution in [1.29, 1.82) is 0 Å². The lowest BCUT2D eigenvalue weighted by atomic mass is 10.1. The molecule has 0 fully saturated rings. The van der Waals surface area contributed by atoms with Crippen molar-refractivity contribution in [2.24, 2.45) is 0 Å². The first kappa shape index (κ1) is 20.8. The van der Waals surface area contributed by atoms with Gasteiger partial charge in [-0.1, -0.05) is 12.1 Å². The van der Waals surface area contributed by atoms with Crippen molar-refractivity contribution in [3.8, 4) is 17.2 Å². The van der Waals surface area contributed by atoms with E-state index in [1.54, 1.807) is 30.3 Å². The highest BCUT2D eigenvalue weighted by Gasteiger charge is 2.17. The molecule has 0 saturated carbocycles. The number of hydrogen-bond donors (Lipinski definition) is 2. The Balaban J connectivity index is 2.13. The Morgan fingerprint density at radius 2 is 1.68 bits per heavy atom. The number of benzene rings is 2. The molecule has 0 radical (unpaired) electrons. The summed E-state index contributed by atoms with van der Waals surface area (Å²) in [5, 5.41) is 11.9.